The summed E-state index contributed by atoms with van der Waals surface area (Å²) in [6, 6.07) is 8.49. The molecule has 0 bridgehead atoms. The summed E-state index contributed by atoms with van der Waals surface area (Å²) in [6.07, 6.45) is 5.06. The Kier molecular flexibility index (Phi) is 3.09. The minimum atomic E-state index is 0.223. The number of carbonyl (C=O) groups is 1. The van der Waals surface area contributed by atoms with E-state index in [1.54, 1.807) is 0 Å². The molecule has 1 aliphatic carbocycles. The Labute approximate surface area is 115 Å². The van der Waals surface area contributed by atoms with E-state index >= 15 is 0 Å². The number of hydrogen-bond acceptors (Lipinski definition) is 2. The van der Waals surface area contributed by atoms with Gasteiger partial charge in [0.15, 0.2) is 0 Å². The molecule has 1 fully saturated rings. The zero-order valence-corrected chi connectivity index (χ0v) is 11.9. The minimum Gasteiger partial charge on any atom is -0.310 e. The molecule has 1 aromatic rings. The summed E-state index contributed by atoms with van der Waals surface area (Å²) in [5.41, 5.74) is 2.80. The van der Waals surface area contributed by atoms with Crippen LogP contribution in [-0.4, -0.2) is 38.0 Å². The molecular formula is C16H22N2O. The van der Waals surface area contributed by atoms with Gasteiger partial charge in [-0.3, -0.25) is 4.79 Å². The van der Waals surface area contributed by atoms with Gasteiger partial charge < -0.3 is 9.80 Å². The number of hydrogen-bond donors (Lipinski definition) is 0. The van der Waals surface area contributed by atoms with E-state index in [1.807, 2.05) is 30.0 Å². The highest BCUT2D eigenvalue weighted by Gasteiger charge is 2.45. The molecule has 0 radical (unpaired) electrons. The lowest BCUT2D eigenvalue weighted by Crippen LogP contribution is -2.40. The van der Waals surface area contributed by atoms with Crippen LogP contribution in [0.2, 0.25) is 0 Å². The van der Waals surface area contributed by atoms with E-state index < -0.39 is 0 Å². The fourth-order valence-electron chi connectivity index (χ4n) is 3.69. The predicted molar refractivity (Wildman–Crippen MR) is 77.5 cm³/mol. The molecule has 0 saturated heterocycles. The van der Waals surface area contributed by atoms with E-state index in [0.29, 0.717) is 6.54 Å². The maximum Gasteiger partial charge on any atom is 0.241 e. The molecule has 102 valence electrons. The van der Waals surface area contributed by atoms with Crippen LogP contribution in [0.1, 0.15) is 31.2 Å². The van der Waals surface area contributed by atoms with Crippen LogP contribution in [0.15, 0.2) is 24.3 Å². The highest BCUT2D eigenvalue weighted by molar-refractivity contribution is 5.97. The number of anilines is 1. The van der Waals surface area contributed by atoms with Crippen LogP contribution in [0.3, 0.4) is 0 Å². The number of likely N-dealkylation sites (N-methyl/N-ethyl adjacent to an activating group) is 1. The van der Waals surface area contributed by atoms with Gasteiger partial charge in [0.2, 0.25) is 5.91 Å². The van der Waals surface area contributed by atoms with Crippen molar-refractivity contribution < 1.29 is 4.79 Å². The molecule has 1 amide bonds. The molecule has 1 aliphatic heterocycles. The van der Waals surface area contributed by atoms with Gasteiger partial charge in [-0.1, -0.05) is 31.0 Å². The third-order valence-corrected chi connectivity index (χ3v) is 4.54. The summed E-state index contributed by atoms with van der Waals surface area (Å²) in [6.45, 7) is 1.38. The Morgan fingerprint density at radius 3 is 2.63 bits per heavy atom. The van der Waals surface area contributed by atoms with Crippen molar-refractivity contribution in [3.8, 4) is 0 Å². The first-order valence-corrected chi connectivity index (χ1v) is 7.17. The van der Waals surface area contributed by atoms with E-state index in [-0.39, 0.29) is 11.3 Å². The zero-order chi connectivity index (χ0) is 13.5. The number of carbonyl (C=O) groups excluding carboxylic acids is 1. The van der Waals surface area contributed by atoms with Crippen molar-refractivity contribution in [2.45, 2.75) is 31.1 Å². The topological polar surface area (TPSA) is 23.6 Å². The predicted octanol–water partition coefficient (Wildman–Crippen LogP) is 2.41. The van der Waals surface area contributed by atoms with Crippen LogP contribution >= 0.6 is 0 Å². The number of fused-ring (bicyclic) bond motifs is 2. The Bertz CT molecular complexity index is 489. The summed E-state index contributed by atoms with van der Waals surface area (Å²) >= 11 is 0. The van der Waals surface area contributed by atoms with Gasteiger partial charge in [-0.05, 0) is 38.6 Å². The number of benzene rings is 1. The highest BCUT2D eigenvalue weighted by Crippen LogP contribution is 2.50. The molecule has 2 aliphatic rings. The molecule has 0 unspecified atom stereocenters. The van der Waals surface area contributed by atoms with Gasteiger partial charge in [-0.15, -0.1) is 0 Å². The Morgan fingerprint density at radius 1 is 1.26 bits per heavy atom. The average molecular weight is 258 g/mol. The fraction of sp³-hybridized carbons (Fsp3) is 0.562. The monoisotopic (exact) mass is 258 g/mol. The SMILES string of the molecule is CN(C)CC(=O)N1CC2(CCCC2)c2ccccc21. The quantitative estimate of drug-likeness (QED) is 0.813. The van der Waals surface area contributed by atoms with E-state index in [4.69, 9.17) is 0 Å². The lowest BCUT2D eigenvalue weighted by Gasteiger charge is -2.25. The van der Waals surface area contributed by atoms with Crippen LogP contribution in [-0.2, 0) is 10.2 Å². The summed E-state index contributed by atoms with van der Waals surface area (Å²) in [4.78, 5) is 16.4. The van der Waals surface area contributed by atoms with E-state index in [2.05, 4.69) is 18.2 Å². The van der Waals surface area contributed by atoms with Crippen LogP contribution in [0, 0.1) is 0 Å². The molecule has 3 heteroatoms. The summed E-state index contributed by atoms with van der Waals surface area (Å²) in [7, 11) is 3.90. The van der Waals surface area contributed by atoms with Crippen molar-refractivity contribution in [2.24, 2.45) is 0 Å². The molecule has 1 heterocycles. The minimum absolute atomic E-state index is 0.223. The number of nitrogens with zero attached hydrogens (tertiary/aromatic N) is 2. The van der Waals surface area contributed by atoms with Gasteiger partial charge in [-0.25, -0.2) is 0 Å². The molecule has 0 N–H and O–H groups in total. The number of para-hydroxylation sites is 1. The third kappa shape index (κ3) is 2.06. The molecular weight excluding hydrogens is 236 g/mol. The second-order valence-corrected chi connectivity index (χ2v) is 6.22. The molecule has 0 aromatic heterocycles. The fourth-order valence-corrected chi connectivity index (χ4v) is 3.69. The smallest absolute Gasteiger partial charge is 0.241 e. The zero-order valence-electron chi connectivity index (χ0n) is 11.9. The maximum absolute atomic E-state index is 12.4. The van der Waals surface area contributed by atoms with Gasteiger partial charge >= 0.3 is 0 Å². The first-order valence-electron chi connectivity index (χ1n) is 7.17. The third-order valence-electron chi connectivity index (χ3n) is 4.54. The van der Waals surface area contributed by atoms with E-state index in [9.17, 15) is 4.79 Å². The van der Waals surface area contributed by atoms with Crippen molar-refractivity contribution in [1.29, 1.82) is 0 Å². The van der Waals surface area contributed by atoms with Crippen LogP contribution < -0.4 is 4.90 Å². The Balaban J connectivity index is 1.95. The highest BCUT2D eigenvalue weighted by atomic mass is 16.2. The molecule has 1 spiro atoms. The van der Waals surface area contributed by atoms with Crippen LogP contribution in [0.5, 0.6) is 0 Å². The molecule has 1 aromatic carbocycles. The van der Waals surface area contributed by atoms with Gasteiger partial charge in [0.25, 0.3) is 0 Å². The normalized spacial score (nSPS) is 20.3. The first kappa shape index (κ1) is 12.7. The van der Waals surface area contributed by atoms with Gasteiger partial charge in [0.1, 0.15) is 0 Å². The average Bonchev–Trinajstić information content (AvgIpc) is 2.97. The second kappa shape index (κ2) is 4.64. The Morgan fingerprint density at radius 2 is 1.95 bits per heavy atom. The first-order chi connectivity index (χ1) is 9.12. The van der Waals surface area contributed by atoms with Gasteiger partial charge in [-0.2, -0.15) is 0 Å². The van der Waals surface area contributed by atoms with E-state index in [1.165, 1.54) is 31.2 Å². The number of rotatable bonds is 2. The molecule has 3 rings (SSSR count). The van der Waals surface area contributed by atoms with Crippen molar-refractivity contribution in [2.75, 3.05) is 32.1 Å². The van der Waals surface area contributed by atoms with Crippen molar-refractivity contribution >= 4 is 11.6 Å². The summed E-state index contributed by atoms with van der Waals surface area (Å²) in [5, 5.41) is 0. The maximum atomic E-state index is 12.4. The molecule has 1 saturated carbocycles. The van der Waals surface area contributed by atoms with Gasteiger partial charge in [0.05, 0.1) is 6.54 Å². The Hall–Kier alpha value is -1.35. The largest absolute Gasteiger partial charge is 0.310 e. The molecule has 19 heavy (non-hydrogen) atoms. The standard InChI is InChI=1S/C16H22N2O/c1-17(2)11-15(19)18-12-16(9-5-6-10-16)13-7-3-4-8-14(13)18/h3-4,7-8H,5-6,9-12H2,1-2H3. The van der Waals surface area contributed by atoms with Crippen LogP contribution in [0.25, 0.3) is 0 Å². The van der Waals surface area contributed by atoms with Crippen molar-refractivity contribution in [3.63, 3.8) is 0 Å². The van der Waals surface area contributed by atoms with E-state index in [0.717, 1.165) is 12.2 Å². The summed E-state index contributed by atoms with van der Waals surface area (Å²) in [5.74, 6) is 0.223. The summed E-state index contributed by atoms with van der Waals surface area (Å²) < 4.78 is 0. The van der Waals surface area contributed by atoms with Crippen molar-refractivity contribution in [3.05, 3.63) is 29.8 Å². The molecule has 3 nitrogen and oxygen atoms in total. The van der Waals surface area contributed by atoms with Crippen molar-refractivity contribution in [1.82, 2.24) is 4.90 Å². The lowest BCUT2D eigenvalue weighted by atomic mass is 9.81. The van der Waals surface area contributed by atoms with Crippen LogP contribution in [0.4, 0.5) is 5.69 Å². The van der Waals surface area contributed by atoms with Gasteiger partial charge in [0, 0.05) is 17.6 Å². The lowest BCUT2D eigenvalue weighted by molar-refractivity contribution is -0.119. The number of amides is 1. The second-order valence-electron chi connectivity index (χ2n) is 6.22. The molecule has 0 atom stereocenters.